The van der Waals surface area contributed by atoms with Gasteiger partial charge in [-0.3, -0.25) is 0 Å². The molecule has 120 valence electrons. The van der Waals surface area contributed by atoms with Gasteiger partial charge in [-0.25, -0.2) is 0 Å². The Labute approximate surface area is 141 Å². The molecule has 3 nitrogen and oxygen atoms in total. The molecule has 0 saturated carbocycles. The monoisotopic (exact) mass is 328 g/mol. The molecule has 0 amide bonds. The lowest BCUT2D eigenvalue weighted by Gasteiger charge is -2.17. The van der Waals surface area contributed by atoms with Crippen molar-refractivity contribution in [3.05, 3.63) is 70.9 Å². The third-order valence-corrected chi connectivity index (χ3v) is 4.33. The molecule has 0 bridgehead atoms. The number of hydrogen-bond donors (Lipinski definition) is 3. The molecule has 23 heavy (non-hydrogen) atoms. The molecular weight excluding hydrogens is 308 g/mol. The zero-order valence-corrected chi connectivity index (χ0v) is 13.8. The van der Waals surface area contributed by atoms with E-state index in [9.17, 15) is 5.11 Å². The molecule has 2 aromatic carbocycles. The molecular formula is C19H21ClN2O. The van der Waals surface area contributed by atoms with Crippen molar-refractivity contribution in [1.29, 1.82) is 0 Å². The van der Waals surface area contributed by atoms with Gasteiger partial charge in [0.1, 0.15) is 0 Å². The number of aromatic amines is 1. The summed E-state index contributed by atoms with van der Waals surface area (Å²) in [6, 6.07) is 15.9. The first-order valence-corrected chi connectivity index (χ1v) is 8.23. The van der Waals surface area contributed by atoms with Crippen LogP contribution in [0.1, 0.15) is 24.2 Å². The summed E-state index contributed by atoms with van der Waals surface area (Å²) in [5.74, 6) is 0. The Morgan fingerprint density at radius 1 is 1.17 bits per heavy atom. The molecule has 3 N–H and O–H groups in total. The number of fused-ring (bicyclic) bond motifs is 1. The molecule has 0 radical (unpaired) electrons. The van der Waals surface area contributed by atoms with Crippen molar-refractivity contribution in [1.82, 2.24) is 10.3 Å². The normalized spacial score (nSPS) is 14.0. The Morgan fingerprint density at radius 2 is 2.00 bits per heavy atom. The van der Waals surface area contributed by atoms with Gasteiger partial charge < -0.3 is 15.4 Å². The van der Waals surface area contributed by atoms with Crippen LogP contribution in [0.4, 0.5) is 0 Å². The van der Waals surface area contributed by atoms with Crippen LogP contribution in [-0.2, 0) is 6.42 Å². The summed E-state index contributed by atoms with van der Waals surface area (Å²) in [5, 5.41) is 15.6. The van der Waals surface area contributed by atoms with Crippen LogP contribution in [-0.4, -0.2) is 22.7 Å². The largest absolute Gasteiger partial charge is 0.387 e. The van der Waals surface area contributed by atoms with Crippen molar-refractivity contribution in [2.24, 2.45) is 0 Å². The quantitative estimate of drug-likeness (QED) is 0.638. The van der Waals surface area contributed by atoms with Gasteiger partial charge in [0.25, 0.3) is 0 Å². The summed E-state index contributed by atoms with van der Waals surface area (Å²) in [7, 11) is 0. The Hall–Kier alpha value is -1.81. The van der Waals surface area contributed by atoms with Gasteiger partial charge in [0, 0.05) is 34.7 Å². The summed E-state index contributed by atoms with van der Waals surface area (Å²) in [6.45, 7) is 2.64. The molecule has 0 fully saturated rings. The fourth-order valence-corrected chi connectivity index (χ4v) is 3.05. The number of H-pyrrole nitrogens is 1. The number of halogens is 1. The van der Waals surface area contributed by atoms with Crippen molar-refractivity contribution in [3.63, 3.8) is 0 Å². The molecule has 0 aliphatic heterocycles. The lowest BCUT2D eigenvalue weighted by atomic mass is 10.1. The van der Waals surface area contributed by atoms with Crippen LogP contribution in [0.5, 0.6) is 0 Å². The Morgan fingerprint density at radius 3 is 2.83 bits per heavy atom. The van der Waals surface area contributed by atoms with Crippen LogP contribution in [0.2, 0.25) is 5.02 Å². The summed E-state index contributed by atoms with van der Waals surface area (Å²) < 4.78 is 0. The first-order valence-electron chi connectivity index (χ1n) is 7.85. The number of para-hydroxylation sites is 1. The van der Waals surface area contributed by atoms with Crippen molar-refractivity contribution >= 4 is 22.5 Å². The zero-order valence-electron chi connectivity index (χ0n) is 13.1. The minimum atomic E-state index is -0.556. The number of rotatable bonds is 6. The number of aliphatic hydroxyl groups is 1. The fraction of sp³-hybridized carbons (Fsp3) is 0.263. The van der Waals surface area contributed by atoms with E-state index in [2.05, 4.69) is 41.6 Å². The van der Waals surface area contributed by atoms with E-state index in [4.69, 9.17) is 11.6 Å². The van der Waals surface area contributed by atoms with Gasteiger partial charge in [-0.1, -0.05) is 41.9 Å². The first kappa shape index (κ1) is 16.1. The van der Waals surface area contributed by atoms with Crippen molar-refractivity contribution in [2.45, 2.75) is 25.5 Å². The summed E-state index contributed by atoms with van der Waals surface area (Å²) in [4.78, 5) is 3.30. The minimum absolute atomic E-state index is 0.267. The number of nitrogens with one attached hydrogen (secondary N) is 2. The van der Waals surface area contributed by atoms with Gasteiger partial charge in [0.2, 0.25) is 0 Å². The summed E-state index contributed by atoms with van der Waals surface area (Å²) in [5.41, 5.74) is 3.29. The third kappa shape index (κ3) is 3.94. The Kier molecular flexibility index (Phi) is 5.01. The average molecular weight is 329 g/mol. The predicted octanol–water partition coefficient (Wildman–Crippen LogP) is 4.08. The van der Waals surface area contributed by atoms with E-state index in [1.165, 1.54) is 10.9 Å². The van der Waals surface area contributed by atoms with E-state index in [-0.39, 0.29) is 6.04 Å². The maximum absolute atomic E-state index is 10.3. The molecule has 3 aromatic rings. The Balaban J connectivity index is 1.58. The van der Waals surface area contributed by atoms with Crippen LogP contribution in [0.3, 0.4) is 0 Å². The van der Waals surface area contributed by atoms with Gasteiger partial charge >= 0.3 is 0 Å². The van der Waals surface area contributed by atoms with Gasteiger partial charge in [0.05, 0.1) is 6.10 Å². The van der Waals surface area contributed by atoms with E-state index in [0.717, 1.165) is 17.5 Å². The molecule has 0 aliphatic rings. The lowest BCUT2D eigenvalue weighted by Crippen LogP contribution is -2.32. The zero-order chi connectivity index (χ0) is 16.2. The van der Waals surface area contributed by atoms with E-state index < -0.39 is 6.10 Å². The highest BCUT2D eigenvalue weighted by Crippen LogP contribution is 2.20. The van der Waals surface area contributed by atoms with Crippen molar-refractivity contribution in [2.75, 3.05) is 6.54 Å². The van der Waals surface area contributed by atoms with E-state index in [0.29, 0.717) is 11.6 Å². The number of benzene rings is 2. The molecule has 1 unspecified atom stereocenters. The van der Waals surface area contributed by atoms with Crippen LogP contribution in [0, 0.1) is 0 Å². The lowest BCUT2D eigenvalue weighted by molar-refractivity contribution is 0.170. The van der Waals surface area contributed by atoms with E-state index in [1.807, 2.05) is 24.3 Å². The molecule has 0 spiro atoms. The standard InChI is InChI=1S/C19H21ClN2O/c1-13(9-15-11-22-18-8-3-2-7-17(15)18)21-12-19(23)14-5-4-6-16(20)10-14/h2-8,10-11,13,19,21-23H,9,12H2,1H3/t13-,19?/m0/s1. The van der Waals surface area contributed by atoms with Crippen molar-refractivity contribution in [3.8, 4) is 0 Å². The highest BCUT2D eigenvalue weighted by molar-refractivity contribution is 6.30. The maximum atomic E-state index is 10.3. The summed E-state index contributed by atoms with van der Waals surface area (Å²) >= 11 is 5.97. The molecule has 0 aliphatic carbocycles. The second-order valence-corrected chi connectivity index (χ2v) is 6.38. The third-order valence-electron chi connectivity index (χ3n) is 4.09. The van der Waals surface area contributed by atoms with E-state index >= 15 is 0 Å². The number of aromatic nitrogens is 1. The number of hydrogen-bond acceptors (Lipinski definition) is 2. The second kappa shape index (κ2) is 7.18. The smallest absolute Gasteiger partial charge is 0.0914 e. The van der Waals surface area contributed by atoms with Crippen LogP contribution in [0.15, 0.2) is 54.7 Å². The van der Waals surface area contributed by atoms with E-state index in [1.54, 1.807) is 6.07 Å². The average Bonchev–Trinajstić information content (AvgIpc) is 2.96. The van der Waals surface area contributed by atoms with Gasteiger partial charge in [-0.15, -0.1) is 0 Å². The molecule has 3 rings (SSSR count). The Bertz CT molecular complexity index is 784. The maximum Gasteiger partial charge on any atom is 0.0914 e. The topological polar surface area (TPSA) is 48.0 Å². The second-order valence-electron chi connectivity index (χ2n) is 5.94. The van der Waals surface area contributed by atoms with Gasteiger partial charge in [-0.05, 0) is 42.7 Å². The molecule has 1 aromatic heterocycles. The van der Waals surface area contributed by atoms with Crippen molar-refractivity contribution < 1.29 is 5.11 Å². The first-order chi connectivity index (χ1) is 11.1. The molecule has 0 saturated heterocycles. The molecule has 2 atom stereocenters. The van der Waals surface area contributed by atoms with Gasteiger partial charge in [-0.2, -0.15) is 0 Å². The van der Waals surface area contributed by atoms with Gasteiger partial charge in [0.15, 0.2) is 0 Å². The fourth-order valence-electron chi connectivity index (χ4n) is 2.85. The number of aliphatic hydroxyl groups excluding tert-OH is 1. The highest BCUT2D eigenvalue weighted by atomic mass is 35.5. The SMILES string of the molecule is C[C@@H](Cc1c[nH]c2ccccc12)NCC(O)c1cccc(Cl)c1. The van der Waals surface area contributed by atoms with Crippen LogP contribution < -0.4 is 5.32 Å². The van der Waals surface area contributed by atoms with Crippen LogP contribution in [0.25, 0.3) is 10.9 Å². The van der Waals surface area contributed by atoms with Crippen LogP contribution >= 0.6 is 11.6 Å². The minimum Gasteiger partial charge on any atom is -0.387 e. The highest BCUT2D eigenvalue weighted by Gasteiger charge is 2.12. The molecule has 1 heterocycles. The predicted molar refractivity (Wildman–Crippen MR) is 95.9 cm³/mol. The molecule has 4 heteroatoms. The summed E-state index contributed by atoms with van der Waals surface area (Å²) in [6.07, 6.45) is 2.42.